The van der Waals surface area contributed by atoms with Gasteiger partial charge in [-0.1, -0.05) is 0 Å². The van der Waals surface area contributed by atoms with Gasteiger partial charge < -0.3 is 10.6 Å². The van der Waals surface area contributed by atoms with Crippen LogP contribution in [0.15, 0.2) is 18.2 Å². The van der Waals surface area contributed by atoms with Crippen molar-refractivity contribution >= 4 is 34.0 Å². The maximum atomic E-state index is 12.5. The zero-order valence-electron chi connectivity index (χ0n) is 9.55. The molecule has 2 N–H and O–H groups in total. The number of nitrogen functional groups attached to an aromatic ring is 1. The van der Waals surface area contributed by atoms with Gasteiger partial charge in [0, 0.05) is 15.3 Å². The fourth-order valence-electron chi connectivity index (χ4n) is 1.50. The second-order valence-electron chi connectivity index (χ2n) is 4.05. The number of halogens is 4. The smallest absolute Gasteiger partial charge is 0.399 e. The minimum absolute atomic E-state index is 0.228. The fourth-order valence-corrected chi connectivity index (χ4v) is 2.34. The van der Waals surface area contributed by atoms with E-state index in [1.165, 1.54) is 4.90 Å². The number of benzene rings is 1. The molecule has 0 aromatic heterocycles. The number of nitrogens with zero attached hydrogens (tertiary/aromatic N) is 1. The third-order valence-corrected chi connectivity index (χ3v) is 3.12. The Morgan fingerprint density at radius 1 is 1.35 bits per heavy atom. The maximum absolute atomic E-state index is 12.5. The normalized spacial score (nSPS) is 11.9. The number of anilines is 2. The third kappa shape index (κ3) is 4.25. The fraction of sp³-hybridized carbons (Fsp3) is 0.455. The standard InChI is InChI=1S/C11H14F3IN2/c1-7(2)17(6-11(12,13)14)10-4-3-8(16)5-9(10)15/h3-5,7H,6,16H2,1-2H3. The van der Waals surface area contributed by atoms with E-state index in [-0.39, 0.29) is 6.04 Å². The van der Waals surface area contributed by atoms with Crippen LogP contribution in [0.5, 0.6) is 0 Å². The summed E-state index contributed by atoms with van der Waals surface area (Å²) in [5, 5.41) is 0. The van der Waals surface area contributed by atoms with E-state index in [2.05, 4.69) is 0 Å². The topological polar surface area (TPSA) is 29.3 Å². The van der Waals surface area contributed by atoms with Gasteiger partial charge in [-0.25, -0.2) is 0 Å². The molecule has 0 fully saturated rings. The van der Waals surface area contributed by atoms with Gasteiger partial charge in [0.25, 0.3) is 0 Å². The zero-order valence-corrected chi connectivity index (χ0v) is 11.7. The van der Waals surface area contributed by atoms with E-state index in [0.29, 0.717) is 11.4 Å². The van der Waals surface area contributed by atoms with Crippen LogP contribution in [-0.4, -0.2) is 18.8 Å². The van der Waals surface area contributed by atoms with Gasteiger partial charge in [0.2, 0.25) is 0 Å². The molecule has 0 aliphatic rings. The molecule has 0 saturated heterocycles. The highest BCUT2D eigenvalue weighted by Crippen LogP contribution is 2.29. The summed E-state index contributed by atoms with van der Waals surface area (Å²) in [6.45, 7) is 2.51. The first kappa shape index (κ1) is 14.4. The van der Waals surface area contributed by atoms with E-state index >= 15 is 0 Å². The predicted octanol–water partition coefficient (Wildman–Crippen LogP) is 3.65. The maximum Gasteiger partial charge on any atom is 0.405 e. The minimum Gasteiger partial charge on any atom is -0.399 e. The molecule has 0 saturated carbocycles. The zero-order chi connectivity index (χ0) is 13.2. The van der Waals surface area contributed by atoms with Gasteiger partial charge in [-0.2, -0.15) is 13.2 Å². The summed E-state index contributed by atoms with van der Waals surface area (Å²) in [5.74, 6) is 0. The van der Waals surface area contributed by atoms with E-state index in [4.69, 9.17) is 5.73 Å². The molecule has 0 atom stereocenters. The molecule has 0 bridgehead atoms. The molecule has 1 aromatic carbocycles. The molecule has 1 aromatic rings. The SMILES string of the molecule is CC(C)N(CC(F)(F)F)c1ccc(N)cc1I. The van der Waals surface area contributed by atoms with Gasteiger partial charge in [0.05, 0.1) is 5.69 Å². The second kappa shape index (κ2) is 5.32. The Balaban J connectivity index is 3.06. The molecule has 0 heterocycles. The molecule has 6 heteroatoms. The van der Waals surface area contributed by atoms with Crippen LogP contribution in [0.25, 0.3) is 0 Å². The Hall–Kier alpha value is -0.660. The van der Waals surface area contributed by atoms with Crippen molar-refractivity contribution in [1.29, 1.82) is 0 Å². The third-order valence-electron chi connectivity index (χ3n) is 2.25. The molecular formula is C11H14F3IN2. The summed E-state index contributed by atoms with van der Waals surface area (Å²) in [6, 6.07) is 4.68. The van der Waals surface area contributed by atoms with Crippen LogP contribution in [0.1, 0.15) is 13.8 Å². The number of hydrogen-bond acceptors (Lipinski definition) is 2. The van der Waals surface area contributed by atoms with Gasteiger partial charge in [0.15, 0.2) is 0 Å². The van der Waals surface area contributed by atoms with Crippen LogP contribution in [0.3, 0.4) is 0 Å². The summed E-state index contributed by atoms with van der Waals surface area (Å²) in [7, 11) is 0. The van der Waals surface area contributed by atoms with Crippen LogP contribution in [0, 0.1) is 3.57 Å². The molecule has 0 aliphatic heterocycles. The Morgan fingerprint density at radius 3 is 2.35 bits per heavy atom. The highest BCUT2D eigenvalue weighted by molar-refractivity contribution is 14.1. The van der Waals surface area contributed by atoms with E-state index < -0.39 is 12.7 Å². The molecule has 17 heavy (non-hydrogen) atoms. The first-order valence-electron chi connectivity index (χ1n) is 5.09. The summed E-state index contributed by atoms with van der Waals surface area (Å²) in [5.41, 5.74) is 6.70. The van der Waals surface area contributed by atoms with Crippen molar-refractivity contribution in [1.82, 2.24) is 0 Å². The van der Waals surface area contributed by atoms with Crippen molar-refractivity contribution in [2.75, 3.05) is 17.2 Å². The average molecular weight is 358 g/mol. The Bertz CT molecular complexity index is 391. The van der Waals surface area contributed by atoms with E-state index in [9.17, 15) is 13.2 Å². The molecule has 1 rings (SSSR count). The van der Waals surface area contributed by atoms with E-state index in [1.807, 2.05) is 22.6 Å². The highest BCUT2D eigenvalue weighted by Gasteiger charge is 2.32. The van der Waals surface area contributed by atoms with E-state index in [1.54, 1.807) is 32.0 Å². The highest BCUT2D eigenvalue weighted by atomic mass is 127. The van der Waals surface area contributed by atoms with Crippen molar-refractivity contribution < 1.29 is 13.2 Å². The molecule has 0 aliphatic carbocycles. The Labute approximate surface area is 112 Å². The molecule has 0 spiro atoms. The molecule has 96 valence electrons. The lowest BCUT2D eigenvalue weighted by molar-refractivity contribution is -0.120. The van der Waals surface area contributed by atoms with Gasteiger partial charge in [-0.05, 0) is 54.6 Å². The quantitative estimate of drug-likeness (QED) is 0.660. The van der Waals surface area contributed by atoms with Crippen molar-refractivity contribution in [3.05, 3.63) is 21.8 Å². The van der Waals surface area contributed by atoms with Crippen LogP contribution in [-0.2, 0) is 0 Å². The molecule has 0 radical (unpaired) electrons. The first-order chi connectivity index (χ1) is 7.70. The Kier molecular flexibility index (Phi) is 4.51. The Morgan fingerprint density at radius 2 is 1.94 bits per heavy atom. The van der Waals surface area contributed by atoms with Gasteiger partial charge >= 0.3 is 6.18 Å². The van der Waals surface area contributed by atoms with Crippen molar-refractivity contribution in [3.63, 3.8) is 0 Å². The lowest BCUT2D eigenvalue weighted by Crippen LogP contribution is -2.39. The lowest BCUT2D eigenvalue weighted by atomic mass is 10.2. The van der Waals surface area contributed by atoms with Crippen molar-refractivity contribution in [2.24, 2.45) is 0 Å². The lowest BCUT2D eigenvalue weighted by Gasteiger charge is -2.30. The largest absolute Gasteiger partial charge is 0.405 e. The molecule has 2 nitrogen and oxygen atoms in total. The number of alkyl halides is 3. The van der Waals surface area contributed by atoms with Gasteiger partial charge in [0.1, 0.15) is 6.54 Å². The van der Waals surface area contributed by atoms with Crippen LogP contribution >= 0.6 is 22.6 Å². The van der Waals surface area contributed by atoms with Gasteiger partial charge in [-0.15, -0.1) is 0 Å². The summed E-state index contributed by atoms with van der Waals surface area (Å²) in [4.78, 5) is 1.32. The number of nitrogens with two attached hydrogens (primary N) is 1. The summed E-state index contributed by atoms with van der Waals surface area (Å²) >= 11 is 2.00. The van der Waals surface area contributed by atoms with Crippen molar-refractivity contribution in [2.45, 2.75) is 26.1 Å². The van der Waals surface area contributed by atoms with Gasteiger partial charge in [-0.3, -0.25) is 0 Å². The molecule has 0 amide bonds. The molecular weight excluding hydrogens is 344 g/mol. The van der Waals surface area contributed by atoms with E-state index in [0.717, 1.165) is 3.57 Å². The second-order valence-corrected chi connectivity index (χ2v) is 5.21. The number of rotatable bonds is 3. The first-order valence-corrected chi connectivity index (χ1v) is 6.17. The molecule has 0 unspecified atom stereocenters. The predicted molar refractivity (Wildman–Crippen MR) is 72.1 cm³/mol. The average Bonchev–Trinajstić information content (AvgIpc) is 2.13. The summed E-state index contributed by atoms with van der Waals surface area (Å²) < 4.78 is 38.2. The van der Waals surface area contributed by atoms with Crippen LogP contribution < -0.4 is 10.6 Å². The van der Waals surface area contributed by atoms with Crippen LogP contribution in [0.2, 0.25) is 0 Å². The van der Waals surface area contributed by atoms with Crippen molar-refractivity contribution in [3.8, 4) is 0 Å². The monoisotopic (exact) mass is 358 g/mol. The minimum atomic E-state index is -4.21. The summed E-state index contributed by atoms with van der Waals surface area (Å²) in [6.07, 6.45) is -4.21. The van der Waals surface area contributed by atoms with Crippen LogP contribution in [0.4, 0.5) is 24.5 Å². The number of hydrogen-bond donors (Lipinski definition) is 1.